The molecule has 0 bridgehead atoms. The summed E-state index contributed by atoms with van der Waals surface area (Å²) in [4.78, 5) is 13.4. The zero-order chi connectivity index (χ0) is 21.0. The highest BCUT2D eigenvalue weighted by atomic mass is 19.4. The van der Waals surface area contributed by atoms with Crippen LogP contribution in [0.2, 0.25) is 0 Å². The van der Waals surface area contributed by atoms with E-state index < -0.39 is 11.7 Å². The number of rotatable bonds is 3. The Kier molecular flexibility index (Phi) is 4.06. The molecule has 0 amide bonds. The summed E-state index contributed by atoms with van der Waals surface area (Å²) in [5.41, 5.74) is 3.29. The van der Waals surface area contributed by atoms with Gasteiger partial charge in [0, 0.05) is 36.9 Å². The molecule has 0 saturated carbocycles. The van der Waals surface area contributed by atoms with E-state index in [1.54, 1.807) is 19.3 Å². The number of aryl methyl sites for hydroxylation is 4. The van der Waals surface area contributed by atoms with Gasteiger partial charge in [-0.15, -0.1) is 0 Å². The van der Waals surface area contributed by atoms with Gasteiger partial charge in [-0.2, -0.15) is 13.2 Å². The molecule has 0 saturated heterocycles. The Hall–Kier alpha value is -3.42. The Morgan fingerprint density at radius 2 is 1.83 bits per heavy atom. The van der Waals surface area contributed by atoms with Gasteiger partial charge in [-0.25, -0.2) is 9.97 Å². The fraction of sp³-hybridized carbons (Fsp3) is 0.227. The Balaban J connectivity index is 1.51. The Labute approximate surface area is 169 Å². The van der Waals surface area contributed by atoms with E-state index in [-0.39, 0.29) is 5.65 Å². The van der Waals surface area contributed by atoms with Gasteiger partial charge in [0.1, 0.15) is 11.5 Å². The van der Waals surface area contributed by atoms with Gasteiger partial charge in [0.05, 0.1) is 27.8 Å². The predicted molar refractivity (Wildman–Crippen MR) is 108 cm³/mol. The molecule has 5 nitrogen and oxygen atoms in total. The number of benzene rings is 1. The molecule has 0 aliphatic heterocycles. The van der Waals surface area contributed by atoms with Crippen LogP contribution in [0.1, 0.15) is 22.8 Å². The normalized spacial score (nSPS) is 12.4. The van der Waals surface area contributed by atoms with Gasteiger partial charge >= 0.3 is 6.18 Å². The lowest BCUT2D eigenvalue weighted by Gasteiger charge is -2.09. The van der Waals surface area contributed by atoms with Gasteiger partial charge in [0.25, 0.3) is 0 Å². The first-order chi connectivity index (χ1) is 14.3. The summed E-state index contributed by atoms with van der Waals surface area (Å²) in [5.74, 6) is 0.853. The molecule has 0 spiro atoms. The quantitative estimate of drug-likeness (QED) is 0.427. The molecule has 5 aromatic rings. The van der Waals surface area contributed by atoms with Crippen LogP contribution >= 0.6 is 0 Å². The van der Waals surface area contributed by atoms with Gasteiger partial charge in [-0.05, 0) is 49.7 Å². The zero-order valence-electron chi connectivity index (χ0n) is 16.4. The van der Waals surface area contributed by atoms with Crippen molar-refractivity contribution in [3.63, 3.8) is 0 Å². The molecular formula is C22H18F3N5. The van der Waals surface area contributed by atoms with Crippen LogP contribution in [0.3, 0.4) is 0 Å². The largest absolute Gasteiger partial charge is 0.419 e. The number of imidazole rings is 2. The summed E-state index contributed by atoms with van der Waals surface area (Å²) in [7, 11) is 1.95. The van der Waals surface area contributed by atoms with Gasteiger partial charge in [-0.3, -0.25) is 4.98 Å². The van der Waals surface area contributed by atoms with Crippen LogP contribution in [0.25, 0.3) is 27.6 Å². The van der Waals surface area contributed by atoms with Gasteiger partial charge in [0.15, 0.2) is 0 Å². The fourth-order valence-electron chi connectivity index (χ4n) is 3.91. The minimum atomic E-state index is -4.44. The lowest BCUT2D eigenvalue weighted by molar-refractivity contribution is -0.136. The number of nitrogens with zero attached hydrogens (tertiary/aromatic N) is 5. The lowest BCUT2D eigenvalue weighted by Crippen LogP contribution is -2.08. The SMILES string of the molecule is Cc1ccc(C(F)(F)F)c2nc(CCc3nc4c5cccnc5ccc4n3C)cn12. The highest BCUT2D eigenvalue weighted by Gasteiger charge is 2.34. The van der Waals surface area contributed by atoms with Crippen molar-refractivity contribution in [1.82, 2.24) is 23.9 Å². The third kappa shape index (κ3) is 2.91. The van der Waals surface area contributed by atoms with Gasteiger partial charge in [0.2, 0.25) is 0 Å². The first-order valence-electron chi connectivity index (χ1n) is 9.57. The average Bonchev–Trinajstić information content (AvgIpc) is 3.28. The van der Waals surface area contributed by atoms with Crippen molar-refractivity contribution in [2.45, 2.75) is 25.9 Å². The van der Waals surface area contributed by atoms with Crippen molar-refractivity contribution in [3.05, 3.63) is 71.6 Å². The van der Waals surface area contributed by atoms with Crippen molar-refractivity contribution < 1.29 is 13.2 Å². The van der Waals surface area contributed by atoms with Crippen LogP contribution < -0.4 is 0 Å². The van der Waals surface area contributed by atoms with Crippen molar-refractivity contribution >= 4 is 27.6 Å². The minimum absolute atomic E-state index is 0.0560. The van der Waals surface area contributed by atoms with Crippen LogP contribution in [0.15, 0.2) is 48.8 Å². The third-order valence-corrected chi connectivity index (χ3v) is 5.50. The smallest absolute Gasteiger partial charge is 0.331 e. The second-order valence-corrected chi connectivity index (χ2v) is 7.40. The molecule has 0 atom stereocenters. The van der Waals surface area contributed by atoms with Crippen molar-refractivity contribution in [3.8, 4) is 0 Å². The second kappa shape index (κ2) is 6.55. The van der Waals surface area contributed by atoms with Crippen LogP contribution in [0, 0.1) is 6.92 Å². The number of halogens is 3. The van der Waals surface area contributed by atoms with E-state index >= 15 is 0 Å². The number of fused-ring (bicyclic) bond motifs is 4. The topological polar surface area (TPSA) is 48.0 Å². The van der Waals surface area contributed by atoms with E-state index in [2.05, 4.69) is 9.97 Å². The number of hydrogen-bond acceptors (Lipinski definition) is 3. The summed E-state index contributed by atoms with van der Waals surface area (Å²) in [5, 5.41) is 0.982. The van der Waals surface area contributed by atoms with Crippen molar-refractivity contribution in [2.24, 2.45) is 7.05 Å². The Morgan fingerprint density at radius 1 is 1.00 bits per heavy atom. The fourth-order valence-corrected chi connectivity index (χ4v) is 3.91. The van der Waals surface area contributed by atoms with E-state index in [1.165, 1.54) is 10.5 Å². The maximum atomic E-state index is 13.3. The molecule has 0 radical (unpaired) electrons. The summed E-state index contributed by atoms with van der Waals surface area (Å²) < 4.78 is 43.5. The highest BCUT2D eigenvalue weighted by Crippen LogP contribution is 2.33. The molecule has 0 aliphatic rings. The molecular weight excluding hydrogens is 391 g/mol. The molecule has 0 aliphatic carbocycles. The van der Waals surface area contributed by atoms with Gasteiger partial charge in [-0.1, -0.05) is 0 Å². The maximum Gasteiger partial charge on any atom is 0.419 e. The molecule has 152 valence electrons. The first-order valence-corrected chi connectivity index (χ1v) is 9.57. The Morgan fingerprint density at radius 3 is 2.63 bits per heavy atom. The van der Waals surface area contributed by atoms with E-state index in [4.69, 9.17) is 4.98 Å². The molecule has 0 N–H and O–H groups in total. The monoisotopic (exact) mass is 409 g/mol. The van der Waals surface area contributed by atoms with Crippen LogP contribution in [0.4, 0.5) is 13.2 Å². The van der Waals surface area contributed by atoms with E-state index in [1.807, 2.05) is 35.9 Å². The number of pyridine rings is 2. The lowest BCUT2D eigenvalue weighted by atomic mass is 10.2. The zero-order valence-corrected chi connectivity index (χ0v) is 16.4. The summed E-state index contributed by atoms with van der Waals surface area (Å²) >= 11 is 0. The van der Waals surface area contributed by atoms with Crippen LogP contribution in [0.5, 0.6) is 0 Å². The second-order valence-electron chi connectivity index (χ2n) is 7.40. The van der Waals surface area contributed by atoms with E-state index in [0.717, 1.165) is 33.8 Å². The maximum absolute atomic E-state index is 13.3. The van der Waals surface area contributed by atoms with Crippen LogP contribution in [-0.2, 0) is 26.1 Å². The third-order valence-electron chi connectivity index (χ3n) is 5.50. The highest BCUT2D eigenvalue weighted by molar-refractivity contribution is 6.02. The summed E-state index contributed by atoms with van der Waals surface area (Å²) in [6, 6.07) is 10.4. The molecule has 30 heavy (non-hydrogen) atoms. The predicted octanol–water partition coefficient (Wildman–Crippen LogP) is 4.88. The number of alkyl halides is 3. The van der Waals surface area contributed by atoms with E-state index in [9.17, 15) is 13.2 Å². The van der Waals surface area contributed by atoms with E-state index in [0.29, 0.717) is 24.2 Å². The van der Waals surface area contributed by atoms with Gasteiger partial charge < -0.3 is 8.97 Å². The molecule has 0 fully saturated rings. The average molecular weight is 409 g/mol. The molecule has 8 heteroatoms. The first kappa shape index (κ1) is 18.6. The minimum Gasteiger partial charge on any atom is -0.331 e. The summed E-state index contributed by atoms with van der Waals surface area (Å²) in [6.07, 6.45) is 0.0491. The molecule has 4 heterocycles. The number of aromatic nitrogens is 5. The standard InChI is InChI=1S/C22H18F3N5/c1-13-5-7-16(22(23,24)25)21-27-14(12-30(13)21)6-10-19-28-20-15-4-3-11-26-17(15)8-9-18(20)29(19)2/h3-5,7-9,11-12H,6,10H2,1-2H3. The summed E-state index contributed by atoms with van der Waals surface area (Å²) in [6.45, 7) is 1.77. The molecule has 4 aromatic heterocycles. The van der Waals surface area contributed by atoms with Crippen molar-refractivity contribution in [1.29, 1.82) is 0 Å². The molecule has 5 rings (SSSR count). The molecule has 0 unspecified atom stereocenters. The Bertz CT molecular complexity index is 1410. The number of hydrogen-bond donors (Lipinski definition) is 0. The van der Waals surface area contributed by atoms with Crippen LogP contribution in [-0.4, -0.2) is 23.9 Å². The van der Waals surface area contributed by atoms with Crippen molar-refractivity contribution in [2.75, 3.05) is 0 Å². The molecule has 1 aromatic carbocycles.